The second-order valence-electron chi connectivity index (χ2n) is 4.85. The maximum absolute atomic E-state index is 5.50. The smallest absolute Gasteiger partial charge is 0.122 e. The maximum atomic E-state index is 5.50. The molecule has 0 aliphatic heterocycles. The van der Waals surface area contributed by atoms with E-state index in [1.165, 1.54) is 19.3 Å². The molecule has 1 aromatic rings. The number of hydrogen-bond acceptors (Lipinski definition) is 3. The maximum Gasteiger partial charge on any atom is 0.122 e. The number of pyridine rings is 1. The minimum absolute atomic E-state index is 0.348. The first-order valence-corrected chi connectivity index (χ1v) is 6.57. The first-order valence-electron chi connectivity index (χ1n) is 6.16. The quantitative estimate of drug-likeness (QED) is 0.805. The van der Waals surface area contributed by atoms with E-state index in [4.69, 9.17) is 18.0 Å². The molecule has 1 fully saturated rings. The molecule has 2 unspecified atom stereocenters. The van der Waals surface area contributed by atoms with Gasteiger partial charge in [-0.25, -0.2) is 0 Å². The van der Waals surface area contributed by atoms with E-state index in [0.29, 0.717) is 10.7 Å². The number of nitrogens with zero attached hydrogens (tertiary/aromatic N) is 1. The Morgan fingerprint density at radius 3 is 2.88 bits per heavy atom. The van der Waals surface area contributed by atoms with Gasteiger partial charge in [-0.15, -0.1) is 0 Å². The second-order valence-corrected chi connectivity index (χ2v) is 5.29. The third kappa shape index (κ3) is 3.16. The molecule has 1 heterocycles. The molecule has 2 rings (SSSR count). The van der Waals surface area contributed by atoms with Crippen molar-refractivity contribution < 1.29 is 0 Å². The summed E-state index contributed by atoms with van der Waals surface area (Å²) in [6.45, 7) is 3.38. The number of nitrogens with two attached hydrogens (primary N) is 1. The van der Waals surface area contributed by atoms with Gasteiger partial charge in [0.1, 0.15) is 4.99 Å². The Balaban J connectivity index is 1.88. The van der Waals surface area contributed by atoms with Gasteiger partial charge < -0.3 is 11.1 Å². The van der Waals surface area contributed by atoms with Gasteiger partial charge in [0.05, 0.1) is 17.6 Å². The Bertz CT molecular complexity index is 388. The molecule has 92 valence electrons. The number of anilines is 1. The van der Waals surface area contributed by atoms with Gasteiger partial charge in [0.2, 0.25) is 0 Å². The summed E-state index contributed by atoms with van der Waals surface area (Å²) in [6, 6.07) is 3.85. The van der Waals surface area contributed by atoms with E-state index in [2.05, 4.69) is 17.2 Å². The summed E-state index contributed by atoms with van der Waals surface area (Å²) in [4.78, 5) is 4.56. The lowest BCUT2D eigenvalue weighted by molar-refractivity contribution is 0.439. The van der Waals surface area contributed by atoms with E-state index >= 15 is 0 Å². The molecule has 3 nitrogen and oxygen atoms in total. The second kappa shape index (κ2) is 5.45. The molecule has 4 heteroatoms. The van der Waals surface area contributed by atoms with Gasteiger partial charge in [0.25, 0.3) is 0 Å². The van der Waals surface area contributed by atoms with Crippen molar-refractivity contribution in [1.29, 1.82) is 0 Å². The predicted molar refractivity (Wildman–Crippen MR) is 75.1 cm³/mol. The highest BCUT2D eigenvalue weighted by atomic mass is 32.1. The van der Waals surface area contributed by atoms with Gasteiger partial charge in [-0.3, -0.25) is 4.98 Å². The topological polar surface area (TPSA) is 50.9 Å². The SMILES string of the molecule is CC1CCCC1CNc1ccc(C(N)=S)nc1. The van der Waals surface area contributed by atoms with Crippen molar-refractivity contribution in [1.82, 2.24) is 4.98 Å². The van der Waals surface area contributed by atoms with Crippen molar-refractivity contribution in [3.63, 3.8) is 0 Å². The first kappa shape index (κ1) is 12.3. The third-order valence-corrected chi connectivity index (χ3v) is 3.83. The Hall–Kier alpha value is -1.16. The molecule has 1 aliphatic rings. The number of hydrogen-bond donors (Lipinski definition) is 2. The Labute approximate surface area is 108 Å². The summed E-state index contributed by atoms with van der Waals surface area (Å²) in [5.74, 6) is 1.64. The molecule has 1 saturated carbocycles. The Morgan fingerprint density at radius 2 is 2.35 bits per heavy atom. The first-order chi connectivity index (χ1) is 8.16. The summed E-state index contributed by atoms with van der Waals surface area (Å²) >= 11 is 4.87. The van der Waals surface area contributed by atoms with Crippen molar-refractivity contribution in [2.75, 3.05) is 11.9 Å². The predicted octanol–water partition coefficient (Wildman–Crippen LogP) is 2.56. The summed E-state index contributed by atoms with van der Waals surface area (Å²) in [7, 11) is 0. The van der Waals surface area contributed by atoms with Crippen LogP contribution in [0.1, 0.15) is 31.9 Å². The molecule has 3 N–H and O–H groups in total. The molecule has 2 atom stereocenters. The van der Waals surface area contributed by atoms with E-state index in [1.54, 1.807) is 6.20 Å². The largest absolute Gasteiger partial charge is 0.388 e. The Kier molecular flexibility index (Phi) is 3.94. The molecular formula is C13H19N3S. The summed E-state index contributed by atoms with van der Waals surface area (Å²) in [5, 5.41) is 3.44. The summed E-state index contributed by atoms with van der Waals surface area (Å²) in [5.41, 5.74) is 7.23. The normalized spacial score (nSPS) is 23.6. The molecule has 0 aromatic carbocycles. The molecule has 0 saturated heterocycles. The lowest BCUT2D eigenvalue weighted by atomic mass is 9.98. The fraction of sp³-hybridized carbons (Fsp3) is 0.538. The van der Waals surface area contributed by atoms with Crippen LogP contribution < -0.4 is 11.1 Å². The summed E-state index contributed by atoms with van der Waals surface area (Å²) in [6.07, 6.45) is 5.87. The highest BCUT2D eigenvalue weighted by molar-refractivity contribution is 7.80. The highest BCUT2D eigenvalue weighted by Crippen LogP contribution is 2.31. The van der Waals surface area contributed by atoms with Crippen LogP contribution in [-0.4, -0.2) is 16.5 Å². The van der Waals surface area contributed by atoms with Crippen LogP contribution in [0, 0.1) is 11.8 Å². The molecule has 0 radical (unpaired) electrons. The van der Waals surface area contributed by atoms with E-state index in [1.807, 2.05) is 12.1 Å². The van der Waals surface area contributed by atoms with Crippen LogP contribution in [0.2, 0.25) is 0 Å². The van der Waals surface area contributed by atoms with Crippen molar-refractivity contribution in [3.05, 3.63) is 24.0 Å². The van der Waals surface area contributed by atoms with Crippen molar-refractivity contribution >= 4 is 22.9 Å². The van der Waals surface area contributed by atoms with Crippen molar-refractivity contribution in [2.24, 2.45) is 17.6 Å². The van der Waals surface area contributed by atoms with Crippen LogP contribution in [0.4, 0.5) is 5.69 Å². The van der Waals surface area contributed by atoms with Gasteiger partial charge in [-0.05, 0) is 30.4 Å². The minimum atomic E-state index is 0.348. The minimum Gasteiger partial charge on any atom is -0.388 e. The standard InChI is InChI=1S/C13H19N3S/c1-9-3-2-4-10(9)7-15-11-5-6-12(13(14)17)16-8-11/h5-6,8-10,15H,2-4,7H2,1H3,(H2,14,17). The fourth-order valence-electron chi connectivity index (χ4n) is 2.42. The van der Waals surface area contributed by atoms with E-state index in [-0.39, 0.29) is 0 Å². The van der Waals surface area contributed by atoms with E-state index in [0.717, 1.165) is 24.1 Å². The Morgan fingerprint density at radius 1 is 1.53 bits per heavy atom. The zero-order valence-electron chi connectivity index (χ0n) is 10.1. The number of thiocarbonyl (C=S) groups is 1. The zero-order valence-corrected chi connectivity index (χ0v) is 11.0. The van der Waals surface area contributed by atoms with Crippen LogP contribution >= 0.6 is 12.2 Å². The molecule has 0 amide bonds. The monoisotopic (exact) mass is 249 g/mol. The third-order valence-electron chi connectivity index (χ3n) is 3.62. The van der Waals surface area contributed by atoms with Gasteiger partial charge in [-0.1, -0.05) is 32.0 Å². The molecule has 1 aliphatic carbocycles. The number of nitrogens with one attached hydrogen (secondary N) is 1. The van der Waals surface area contributed by atoms with E-state index in [9.17, 15) is 0 Å². The van der Waals surface area contributed by atoms with Crippen molar-refractivity contribution in [3.8, 4) is 0 Å². The van der Waals surface area contributed by atoms with Crippen molar-refractivity contribution in [2.45, 2.75) is 26.2 Å². The van der Waals surface area contributed by atoms with Crippen LogP contribution in [0.5, 0.6) is 0 Å². The molecule has 0 spiro atoms. The number of rotatable bonds is 4. The van der Waals surface area contributed by atoms with Gasteiger partial charge in [0.15, 0.2) is 0 Å². The lowest BCUT2D eigenvalue weighted by Crippen LogP contribution is -2.17. The average Bonchev–Trinajstić information content (AvgIpc) is 2.73. The molecule has 1 aromatic heterocycles. The highest BCUT2D eigenvalue weighted by Gasteiger charge is 2.22. The fourth-order valence-corrected chi connectivity index (χ4v) is 2.54. The van der Waals surface area contributed by atoms with E-state index < -0.39 is 0 Å². The lowest BCUT2D eigenvalue weighted by Gasteiger charge is -2.16. The molecular weight excluding hydrogens is 230 g/mol. The molecule has 17 heavy (non-hydrogen) atoms. The van der Waals surface area contributed by atoms with Gasteiger partial charge >= 0.3 is 0 Å². The zero-order chi connectivity index (χ0) is 12.3. The average molecular weight is 249 g/mol. The van der Waals surface area contributed by atoms with Crippen LogP contribution in [0.25, 0.3) is 0 Å². The summed E-state index contributed by atoms with van der Waals surface area (Å²) < 4.78 is 0. The van der Waals surface area contributed by atoms with Crippen LogP contribution in [-0.2, 0) is 0 Å². The molecule has 0 bridgehead atoms. The van der Waals surface area contributed by atoms with Crippen LogP contribution in [0.15, 0.2) is 18.3 Å². The van der Waals surface area contributed by atoms with Crippen LogP contribution in [0.3, 0.4) is 0 Å². The van der Waals surface area contributed by atoms with Gasteiger partial charge in [0, 0.05) is 6.54 Å². The van der Waals surface area contributed by atoms with Gasteiger partial charge in [-0.2, -0.15) is 0 Å². The number of aromatic nitrogens is 1.